The van der Waals surface area contributed by atoms with Crippen molar-refractivity contribution >= 4 is 22.6 Å². The maximum absolute atomic E-state index is 8.07. The van der Waals surface area contributed by atoms with Gasteiger partial charge in [-0.05, 0) is 0 Å². The van der Waals surface area contributed by atoms with E-state index in [1.807, 2.05) is 22.6 Å². The molecule has 0 saturated carbocycles. The van der Waals surface area contributed by atoms with Crippen LogP contribution in [0.3, 0.4) is 0 Å². The van der Waals surface area contributed by atoms with Gasteiger partial charge < -0.3 is 12.0 Å². The zero-order valence-electron chi connectivity index (χ0n) is 3.52. The fourth-order valence-corrected chi connectivity index (χ4v) is 0. The summed E-state index contributed by atoms with van der Waals surface area (Å²) < 4.78 is 0.160. The van der Waals surface area contributed by atoms with Gasteiger partial charge in [-0.3, -0.25) is 0 Å². The van der Waals surface area contributed by atoms with E-state index >= 15 is 0 Å². The molecule has 6 heavy (non-hydrogen) atoms. The second-order valence-electron chi connectivity index (χ2n) is 0.780. The van der Waals surface area contributed by atoms with E-state index in [0.29, 0.717) is 0 Å². The SMILES string of the molecule is [CH2-]C(I)CO.[Rf]. The molecule has 0 aliphatic carbocycles. The summed E-state index contributed by atoms with van der Waals surface area (Å²) in [6, 6.07) is 0. The van der Waals surface area contributed by atoms with E-state index in [2.05, 4.69) is 6.92 Å². The van der Waals surface area contributed by atoms with E-state index in [4.69, 9.17) is 5.11 Å². The maximum atomic E-state index is 8.07. The van der Waals surface area contributed by atoms with Gasteiger partial charge >= 0.3 is 0 Å². The van der Waals surface area contributed by atoms with Crippen molar-refractivity contribution in [2.24, 2.45) is 0 Å². The Bertz CT molecular complexity index is 24.8. The zero-order valence-corrected chi connectivity index (χ0v) is 12.1. The first-order chi connectivity index (χ1) is 2.27. The van der Waals surface area contributed by atoms with Gasteiger partial charge in [0.25, 0.3) is 0 Å². The molecule has 1 atom stereocenters. The van der Waals surface area contributed by atoms with Crippen LogP contribution in [0.1, 0.15) is 0 Å². The van der Waals surface area contributed by atoms with Crippen LogP contribution in [0.5, 0.6) is 0 Å². The Hall–Kier alpha value is -0.310. The Balaban J connectivity index is 0. The summed E-state index contributed by atoms with van der Waals surface area (Å²) in [5.41, 5.74) is 0. The Morgan fingerprint density at radius 2 is 2.00 bits per heavy atom. The van der Waals surface area contributed by atoms with Crippen molar-refractivity contribution < 1.29 is 5.11 Å². The van der Waals surface area contributed by atoms with Crippen molar-refractivity contribution in [1.82, 2.24) is 0 Å². The van der Waals surface area contributed by atoms with Crippen LogP contribution in [0.25, 0.3) is 0 Å². The second kappa shape index (κ2) is 4.69. The third-order valence-electron chi connectivity index (χ3n) is 0.198. The third kappa shape index (κ3) is 9.35. The van der Waals surface area contributed by atoms with Gasteiger partial charge in [-0.2, -0.15) is 0 Å². The minimum absolute atomic E-state index is 0. The first kappa shape index (κ1) is 9.19. The van der Waals surface area contributed by atoms with Crippen molar-refractivity contribution in [3.05, 3.63) is 6.92 Å². The van der Waals surface area contributed by atoms with E-state index < -0.39 is 0 Å². The molecule has 34 valence electrons. The standard InChI is InChI=1S/C3H6IO.Rf/c1-3(4)2-5;/h3,5H,1-2H2;/q-1;. The molecule has 0 spiro atoms. The normalized spacial score (nSPS) is 12.5. The molecule has 0 saturated heterocycles. The van der Waals surface area contributed by atoms with Crippen LogP contribution in [0.4, 0.5) is 0 Å². The van der Waals surface area contributed by atoms with Crippen LogP contribution in [-0.4, -0.2) is 15.6 Å². The summed E-state index contributed by atoms with van der Waals surface area (Å²) >= 11 is 2.05. The van der Waals surface area contributed by atoms with Crippen LogP contribution >= 0.6 is 22.6 Å². The molecule has 0 aromatic heterocycles. The summed E-state index contributed by atoms with van der Waals surface area (Å²) in [5, 5.41) is 8.07. The summed E-state index contributed by atoms with van der Waals surface area (Å²) in [5.74, 6) is 0. The van der Waals surface area contributed by atoms with Crippen molar-refractivity contribution in [1.29, 1.82) is 0 Å². The molecule has 3 heteroatoms. The van der Waals surface area contributed by atoms with Crippen LogP contribution < -0.4 is 0 Å². The molecule has 0 rings (SSSR count). The van der Waals surface area contributed by atoms with Gasteiger partial charge in [-0.15, -0.1) is 22.6 Å². The predicted molar refractivity (Wildman–Crippen MR) is 30.3 cm³/mol. The van der Waals surface area contributed by atoms with E-state index in [0.717, 1.165) is 0 Å². The van der Waals surface area contributed by atoms with Crippen LogP contribution in [0.15, 0.2) is 0 Å². The maximum Gasteiger partial charge on any atom is 0.0272 e. The molecular weight excluding hydrogens is 446 g/mol. The first-order valence-corrected chi connectivity index (χ1v) is 2.60. The molecule has 0 heterocycles. The molecule has 0 radical (unpaired) electrons. The van der Waals surface area contributed by atoms with E-state index in [1.54, 1.807) is 0 Å². The van der Waals surface area contributed by atoms with Crippen molar-refractivity contribution in [3.8, 4) is 0 Å². The molecule has 0 aliphatic heterocycles. The molecule has 1 nitrogen and oxygen atoms in total. The number of aliphatic hydroxyl groups is 1. The van der Waals surface area contributed by atoms with Crippen LogP contribution in [0, 0.1) is 6.92 Å². The fourth-order valence-electron chi connectivity index (χ4n) is 0. The Kier molecular flexibility index (Phi) is 7.19. The molecule has 1 N–H and O–H groups in total. The first-order valence-electron chi connectivity index (χ1n) is 1.35. The van der Waals surface area contributed by atoms with Gasteiger partial charge in [0.2, 0.25) is 0 Å². The molecule has 0 bridgehead atoms. The third-order valence-corrected chi connectivity index (χ3v) is 0.592. The minimum atomic E-state index is 0. The summed E-state index contributed by atoms with van der Waals surface area (Å²) in [7, 11) is 0. The smallest absolute Gasteiger partial charge is 0.0272 e. The molecule has 0 fully saturated rings. The van der Waals surface area contributed by atoms with Crippen LogP contribution in [0.2, 0.25) is 0 Å². The molecule has 0 aliphatic rings. The topological polar surface area (TPSA) is 20.2 Å². The fraction of sp³-hybridized carbons (Fsp3) is 0.667. The number of rotatable bonds is 1. The number of hydrogen-bond donors (Lipinski definition) is 1. The average molecular weight is 452 g/mol. The molecule has 0 aromatic rings. The van der Waals surface area contributed by atoms with Crippen LogP contribution in [-0.2, 0) is 0 Å². The van der Waals surface area contributed by atoms with Gasteiger partial charge in [0, 0.05) is 6.61 Å². The summed E-state index contributed by atoms with van der Waals surface area (Å²) in [4.78, 5) is 0. The Labute approximate surface area is 45.5 Å². The Morgan fingerprint density at radius 3 is 2.00 bits per heavy atom. The van der Waals surface area contributed by atoms with Crippen molar-refractivity contribution in [2.75, 3.05) is 6.61 Å². The molecule has 1 unspecified atom stereocenters. The largest absolute Gasteiger partial charge is 0.398 e. The van der Waals surface area contributed by atoms with Gasteiger partial charge in [0.15, 0.2) is 0 Å². The van der Waals surface area contributed by atoms with E-state index in [-0.39, 0.29) is 10.5 Å². The summed E-state index contributed by atoms with van der Waals surface area (Å²) in [6.07, 6.45) is 0. The van der Waals surface area contributed by atoms with Crippen molar-refractivity contribution in [2.45, 2.75) is 3.92 Å². The average Bonchev–Trinajstić information content (AvgIpc) is 1.38. The minimum Gasteiger partial charge on any atom is -0.398 e. The van der Waals surface area contributed by atoms with Gasteiger partial charge in [-0.1, -0.05) is 3.92 Å². The van der Waals surface area contributed by atoms with Gasteiger partial charge in [0.1, 0.15) is 0 Å². The predicted octanol–water partition coefficient (Wildman–Crippen LogP) is 0.616. The van der Waals surface area contributed by atoms with Gasteiger partial charge in [-0.25, -0.2) is 0 Å². The molecule has 0 amide bonds. The molecule has 0 aromatic carbocycles. The monoisotopic (exact) mass is 452 g/mol. The van der Waals surface area contributed by atoms with E-state index in [9.17, 15) is 0 Å². The zero-order chi connectivity index (χ0) is 4.28. The molecular formula is C3H6IORf-. The Morgan fingerprint density at radius 1 is 1.83 bits per heavy atom. The second-order valence-corrected chi connectivity index (χ2v) is 2.54. The van der Waals surface area contributed by atoms with Crippen molar-refractivity contribution in [3.63, 3.8) is 0 Å². The number of alkyl halides is 1. The van der Waals surface area contributed by atoms with Gasteiger partial charge in [0.05, 0.1) is 0 Å². The number of hydrogen-bond acceptors (Lipinski definition) is 1. The number of halogens is 1. The quantitative estimate of drug-likeness (QED) is 0.352. The number of aliphatic hydroxyl groups excluding tert-OH is 1. The van der Waals surface area contributed by atoms with E-state index in [1.165, 1.54) is 0 Å². The summed E-state index contributed by atoms with van der Waals surface area (Å²) in [6.45, 7) is 3.67.